The summed E-state index contributed by atoms with van der Waals surface area (Å²) in [6.45, 7) is 0.210. The second kappa shape index (κ2) is 4.06. The molecule has 0 bridgehead atoms. The lowest BCUT2D eigenvalue weighted by Crippen LogP contribution is -1.98. The van der Waals surface area contributed by atoms with Gasteiger partial charge in [-0.05, 0) is 12.1 Å². The van der Waals surface area contributed by atoms with E-state index in [1.165, 1.54) is 6.39 Å². The van der Waals surface area contributed by atoms with E-state index in [9.17, 15) is 0 Å². The molecule has 6 heteroatoms. The number of halogens is 1. The van der Waals surface area contributed by atoms with Gasteiger partial charge in [0.05, 0.1) is 0 Å². The standard InChI is InChI=1S/C8H6ClN3O2/c9-8-6(2-1-3-10-8)13-4-7-11-5-14-12-7/h1-3,5H,4H2. The van der Waals surface area contributed by atoms with Gasteiger partial charge in [0.2, 0.25) is 12.2 Å². The summed E-state index contributed by atoms with van der Waals surface area (Å²) in [6.07, 6.45) is 2.83. The van der Waals surface area contributed by atoms with E-state index in [1.54, 1.807) is 18.3 Å². The highest BCUT2D eigenvalue weighted by Crippen LogP contribution is 2.20. The molecule has 0 atom stereocenters. The first-order valence-corrected chi connectivity index (χ1v) is 4.22. The molecule has 2 aromatic rings. The largest absolute Gasteiger partial charge is 0.482 e. The molecule has 14 heavy (non-hydrogen) atoms. The van der Waals surface area contributed by atoms with E-state index in [2.05, 4.69) is 19.6 Å². The Labute approximate surface area is 84.7 Å². The average molecular weight is 212 g/mol. The lowest BCUT2D eigenvalue weighted by atomic mass is 10.4. The van der Waals surface area contributed by atoms with Crippen molar-refractivity contribution in [3.63, 3.8) is 0 Å². The number of nitrogens with zero attached hydrogens (tertiary/aromatic N) is 3. The first-order valence-electron chi connectivity index (χ1n) is 3.85. The molecule has 2 heterocycles. The molecule has 0 aliphatic rings. The Balaban J connectivity index is 2.02. The normalized spacial score (nSPS) is 10.1. The van der Waals surface area contributed by atoms with Crippen molar-refractivity contribution in [1.82, 2.24) is 15.1 Å². The van der Waals surface area contributed by atoms with Crippen LogP contribution in [0.25, 0.3) is 0 Å². The number of pyridine rings is 1. The lowest BCUT2D eigenvalue weighted by molar-refractivity contribution is 0.286. The number of rotatable bonds is 3. The first-order chi connectivity index (χ1) is 6.86. The fourth-order valence-electron chi connectivity index (χ4n) is 0.877. The van der Waals surface area contributed by atoms with Gasteiger partial charge in [-0.1, -0.05) is 16.8 Å². The Bertz CT molecular complexity index is 405. The van der Waals surface area contributed by atoms with E-state index in [1.807, 2.05) is 0 Å². The summed E-state index contributed by atoms with van der Waals surface area (Å²) in [7, 11) is 0. The zero-order chi connectivity index (χ0) is 9.80. The third-order valence-corrected chi connectivity index (χ3v) is 1.77. The predicted octanol–water partition coefficient (Wildman–Crippen LogP) is 1.70. The van der Waals surface area contributed by atoms with Crippen LogP contribution in [0.15, 0.2) is 29.2 Å². The summed E-state index contributed by atoms with van der Waals surface area (Å²) in [4.78, 5) is 7.65. The minimum atomic E-state index is 0.210. The Morgan fingerprint density at radius 3 is 3.07 bits per heavy atom. The fourth-order valence-corrected chi connectivity index (χ4v) is 1.05. The molecule has 0 aliphatic heterocycles. The molecule has 5 nitrogen and oxygen atoms in total. The SMILES string of the molecule is Clc1ncccc1OCc1ncon1. The topological polar surface area (TPSA) is 61.0 Å². The maximum absolute atomic E-state index is 5.76. The molecule has 2 rings (SSSR count). The van der Waals surface area contributed by atoms with Crippen molar-refractivity contribution >= 4 is 11.6 Å². The molecule has 0 spiro atoms. The van der Waals surface area contributed by atoms with Crippen LogP contribution in [0.4, 0.5) is 0 Å². The number of hydrogen-bond donors (Lipinski definition) is 0. The molecule has 0 aromatic carbocycles. The Morgan fingerprint density at radius 1 is 1.43 bits per heavy atom. The van der Waals surface area contributed by atoms with Gasteiger partial charge in [0.15, 0.2) is 17.5 Å². The second-order valence-electron chi connectivity index (χ2n) is 2.43. The van der Waals surface area contributed by atoms with Gasteiger partial charge in [0.25, 0.3) is 0 Å². The maximum atomic E-state index is 5.76. The van der Waals surface area contributed by atoms with Crippen LogP contribution < -0.4 is 4.74 Å². The zero-order valence-electron chi connectivity index (χ0n) is 7.05. The minimum Gasteiger partial charge on any atom is -0.482 e. The Hall–Kier alpha value is -1.62. The van der Waals surface area contributed by atoms with Gasteiger partial charge in [-0.3, -0.25) is 0 Å². The quantitative estimate of drug-likeness (QED) is 0.723. The molecule has 0 saturated heterocycles. The Morgan fingerprint density at radius 2 is 2.36 bits per heavy atom. The number of hydrogen-bond acceptors (Lipinski definition) is 5. The highest BCUT2D eigenvalue weighted by atomic mass is 35.5. The minimum absolute atomic E-state index is 0.210. The highest BCUT2D eigenvalue weighted by Gasteiger charge is 2.03. The molecular formula is C8H6ClN3O2. The van der Waals surface area contributed by atoms with Crippen LogP contribution in [0.2, 0.25) is 5.15 Å². The third-order valence-electron chi connectivity index (χ3n) is 1.49. The van der Waals surface area contributed by atoms with Gasteiger partial charge >= 0.3 is 0 Å². The summed E-state index contributed by atoms with van der Waals surface area (Å²) < 4.78 is 9.85. The monoisotopic (exact) mass is 211 g/mol. The summed E-state index contributed by atoms with van der Waals surface area (Å²) in [5, 5.41) is 3.90. The molecule has 0 N–H and O–H groups in total. The molecular weight excluding hydrogens is 206 g/mol. The highest BCUT2D eigenvalue weighted by molar-refractivity contribution is 6.30. The smallest absolute Gasteiger partial charge is 0.213 e. The van der Waals surface area contributed by atoms with Crippen molar-refractivity contribution in [3.8, 4) is 5.75 Å². The van der Waals surface area contributed by atoms with Crippen LogP contribution in [0, 0.1) is 0 Å². The molecule has 0 unspecified atom stereocenters. The van der Waals surface area contributed by atoms with Gasteiger partial charge in [-0.15, -0.1) is 0 Å². The van der Waals surface area contributed by atoms with Crippen molar-refractivity contribution in [2.45, 2.75) is 6.61 Å². The molecule has 0 aliphatic carbocycles. The summed E-state index contributed by atoms with van der Waals surface area (Å²) in [6, 6.07) is 3.45. The van der Waals surface area contributed by atoms with Crippen LogP contribution in [0.3, 0.4) is 0 Å². The molecule has 0 saturated carbocycles. The van der Waals surface area contributed by atoms with Crippen molar-refractivity contribution in [2.24, 2.45) is 0 Å². The van der Waals surface area contributed by atoms with Gasteiger partial charge in [0, 0.05) is 6.20 Å². The van der Waals surface area contributed by atoms with Gasteiger partial charge < -0.3 is 9.26 Å². The molecule has 0 fully saturated rings. The van der Waals surface area contributed by atoms with Gasteiger partial charge in [0.1, 0.15) is 0 Å². The van der Waals surface area contributed by atoms with E-state index >= 15 is 0 Å². The van der Waals surface area contributed by atoms with Crippen LogP contribution in [0.1, 0.15) is 5.82 Å². The number of aromatic nitrogens is 3. The van der Waals surface area contributed by atoms with Crippen LogP contribution in [-0.4, -0.2) is 15.1 Å². The van der Waals surface area contributed by atoms with E-state index in [0.29, 0.717) is 16.7 Å². The van der Waals surface area contributed by atoms with Crippen molar-refractivity contribution in [2.75, 3.05) is 0 Å². The van der Waals surface area contributed by atoms with Gasteiger partial charge in [-0.25, -0.2) is 4.98 Å². The average Bonchev–Trinajstić information content (AvgIpc) is 2.69. The first kappa shape index (κ1) is 8.96. The van der Waals surface area contributed by atoms with E-state index in [-0.39, 0.29) is 6.61 Å². The predicted molar refractivity (Wildman–Crippen MR) is 47.9 cm³/mol. The van der Waals surface area contributed by atoms with Gasteiger partial charge in [-0.2, -0.15) is 4.98 Å². The van der Waals surface area contributed by atoms with Crippen molar-refractivity contribution in [1.29, 1.82) is 0 Å². The third kappa shape index (κ3) is 2.00. The van der Waals surface area contributed by atoms with Crippen LogP contribution >= 0.6 is 11.6 Å². The Kier molecular flexibility index (Phi) is 2.60. The molecule has 72 valence electrons. The van der Waals surface area contributed by atoms with E-state index in [4.69, 9.17) is 16.3 Å². The van der Waals surface area contributed by atoms with Crippen molar-refractivity contribution in [3.05, 3.63) is 35.7 Å². The maximum Gasteiger partial charge on any atom is 0.213 e. The summed E-state index contributed by atoms with van der Waals surface area (Å²) in [5.74, 6) is 0.962. The molecule has 2 aromatic heterocycles. The fraction of sp³-hybridized carbons (Fsp3) is 0.125. The van der Waals surface area contributed by atoms with Crippen LogP contribution in [-0.2, 0) is 6.61 Å². The van der Waals surface area contributed by atoms with Crippen molar-refractivity contribution < 1.29 is 9.26 Å². The van der Waals surface area contributed by atoms with E-state index < -0.39 is 0 Å². The van der Waals surface area contributed by atoms with E-state index in [0.717, 1.165) is 0 Å². The zero-order valence-corrected chi connectivity index (χ0v) is 7.81. The second-order valence-corrected chi connectivity index (χ2v) is 2.79. The number of ether oxygens (including phenoxy) is 1. The summed E-state index contributed by atoms with van der Waals surface area (Å²) >= 11 is 5.76. The molecule has 0 amide bonds. The van der Waals surface area contributed by atoms with Crippen LogP contribution in [0.5, 0.6) is 5.75 Å². The lowest BCUT2D eigenvalue weighted by Gasteiger charge is -2.03. The molecule has 0 radical (unpaired) electrons. The summed E-state index contributed by atoms with van der Waals surface area (Å²) in [5.41, 5.74) is 0.